The molecule has 0 aliphatic rings. The van der Waals surface area contributed by atoms with Crippen LogP contribution >= 0.6 is 0 Å². The molecule has 0 heterocycles. The molecule has 25 heavy (non-hydrogen) atoms. The summed E-state index contributed by atoms with van der Waals surface area (Å²) < 4.78 is 0. The third-order valence-corrected chi connectivity index (χ3v) is 4.84. The van der Waals surface area contributed by atoms with Crippen LogP contribution in [0.25, 0.3) is 0 Å². The zero-order valence-corrected chi connectivity index (χ0v) is 14.8. The van der Waals surface area contributed by atoms with Gasteiger partial charge in [-0.3, -0.25) is 4.90 Å². The number of hydrogen-bond acceptors (Lipinski definition) is 2. The lowest BCUT2D eigenvalue weighted by Crippen LogP contribution is -2.34. The molecule has 128 valence electrons. The molecule has 1 unspecified atom stereocenters. The van der Waals surface area contributed by atoms with E-state index in [1.165, 1.54) is 11.1 Å². The van der Waals surface area contributed by atoms with Gasteiger partial charge in [0.2, 0.25) is 0 Å². The van der Waals surface area contributed by atoms with Gasteiger partial charge in [0, 0.05) is 12.1 Å². The Labute approximate surface area is 150 Å². The molecule has 0 saturated carbocycles. The molecule has 2 heteroatoms. The van der Waals surface area contributed by atoms with Crippen LogP contribution in [0, 0.1) is 0 Å². The van der Waals surface area contributed by atoms with Crippen LogP contribution in [0.2, 0.25) is 0 Å². The van der Waals surface area contributed by atoms with Gasteiger partial charge in [0.15, 0.2) is 0 Å². The molecule has 0 radical (unpaired) electrons. The highest BCUT2D eigenvalue weighted by Crippen LogP contribution is 2.37. The first-order valence-electron chi connectivity index (χ1n) is 8.79. The van der Waals surface area contributed by atoms with E-state index in [9.17, 15) is 5.11 Å². The smallest absolute Gasteiger partial charge is 0.134 e. The molecule has 0 aliphatic heterocycles. The Kier molecular flexibility index (Phi) is 5.64. The first-order chi connectivity index (χ1) is 12.2. The molecule has 1 N–H and O–H groups in total. The Morgan fingerprint density at radius 1 is 0.560 bits per heavy atom. The molecule has 0 amide bonds. The summed E-state index contributed by atoms with van der Waals surface area (Å²) in [5.41, 5.74) is 3.30. The zero-order valence-electron chi connectivity index (χ0n) is 14.8. The van der Waals surface area contributed by atoms with Crippen molar-refractivity contribution < 1.29 is 5.11 Å². The fourth-order valence-corrected chi connectivity index (χ4v) is 3.36. The molecule has 0 spiro atoms. The molecule has 2 nitrogen and oxygen atoms in total. The fourth-order valence-electron chi connectivity index (χ4n) is 3.36. The van der Waals surface area contributed by atoms with E-state index in [4.69, 9.17) is 0 Å². The normalized spacial score (nSPS) is 14.9. The third kappa shape index (κ3) is 3.98. The first kappa shape index (κ1) is 17.4. The topological polar surface area (TPSA) is 23.5 Å². The Bertz CT molecular complexity index is 650. The van der Waals surface area contributed by atoms with Crippen molar-refractivity contribution >= 4 is 0 Å². The lowest BCUT2D eigenvalue weighted by atomic mass is 9.99. The van der Waals surface area contributed by atoms with Gasteiger partial charge in [-0.25, -0.2) is 0 Å². The van der Waals surface area contributed by atoms with E-state index in [0.717, 1.165) is 5.56 Å². The van der Waals surface area contributed by atoms with Gasteiger partial charge in [-0.05, 0) is 30.5 Å². The average molecular weight is 331 g/mol. The number of aliphatic hydroxyl groups is 1. The molecule has 3 atom stereocenters. The minimum atomic E-state index is -0.674. The van der Waals surface area contributed by atoms with Crippen molar-refractivity contribution in [3.63, 3.8) is 0 Å². The summed E-state index contributed by atoms with van der Waals surface area (Å²) in [6, 6.07) is 30.7. The highest BCUT2D eigenvalue weighted by atomic mass is 16.3. The van der Waals surface area contributed by atoms with E-state index < -0.39 is 6.23 Å². The van der Waals surface area contributed by atoms with Crippen LogP contribution in [-0.4, -0.2) is 10.0 Å². The van der Waals surface area contributed by atoms with Gasteiger partial charge in [-0.2, -0.15) is 0 Å². The highest BCUT2D eigenvalue weighted by molar-refractivity contribution is 5.25. The Morgan fingerprint density at radius 3 is 1.24 bits per heavy atom. The van der Waals surface area contributed by atoms with E-state index in [1.807, 2.05) is 66.7 Å². The second-order valence-electron chi connectivity index (χ2n) is 6.40. The predicted molar refractivity (Wildman–Crippen MR) is 103 cm³/mol. The lowest BCUT2D eigenvalue weighted by Gasteiger charge is -2.39. The number of rotatable bonds is 6. The standard InChI is InChI=1S/C23H25NO/c1-18(20-12-6-3-7-13-20)24(19(2)21-14-8-4-9-15-21)23(25)22-16-10-5-11-17-22/h3-19,23,25H,1-2H3/t18-,19-,23?/m1/s1. The quantitative estimate of drug-likeness (QED) is 0.603. The predicted octanol–water partition coefficient (Wildman–Crippen LogP) is 5.50. The zero-order chi connectivity index (χ0) is 17.6. The number of hydrogen-bond donors (Lipinski definition) is 1. The van der Waals surface area contributed by atoms with Gasteiger partial charge in [0.05, 0.1) is 0 Å². The number of benzene rings is 3. The summed E-state index contributed by atoms with van der Waals surface area (Å²) in [7, 11) is 0. The average Bonchev–Trinajstić information content (AvgIpc) is 2.70. The van der Waals surface area contributed by atoms with E-state index in [1.54, 1.807) is 0 Å². The minimum absolute atomic E-state index is 0.0756. The van der Waals surface area contributed by atoms with Crippen LogP contribution in [0.3, 0.4) is 0 Å². The lowest BCUT2D eigenvalue weighted by molar-refractivity contribution is -0.0509. The van der Waals surface area contributed by atoms with E-state index in [2.05, 4.69) is 43.0 Å². The summed E-state index contributed by atoms with van der Waals surface area (Å²) in [4.78, 5) is 2.17. The van der Waals surface area contributed by atoms with Gasteiger partial charge in [0.1, 0.15) is 6.23 Å². The van der Waals surface area contributed by atoms with Crippen LogP contribution in [0.5, 0.6) is 0 Å². The van der Waals surface area contributed by atoms with Crippen LogP contribution in [-0.2, 0) is 0 Å². The molecular weight excluding hydrogens is 306 g/mol. The second-order valence-corrected chi connectivity index (χ2v) is 6.40. The molecule has 0 aliphatic carbocycles. The largest absolute Gasteiger partial charge is 0.374 e. The third-order valence-electron chi connectivity index (χ3n) is 4.84. The SMILES string of the molecule is C[C@H](c1ccccc1)N(C(O)c1ccccc1)[C@H](C)c1ccccc1. The molecule has 0 bridgehead atoms. The van der Waals surface area contributed by atoms with Crippen molar-refractivity contribution in [2.24, 2.45) is 0 Å². The molecule has 3 rings (SSSR count). The van der Waals surface area contributed by atoms with Crippen molar-refractivity contribution in [1.82, 2.24) is 4.90 Å². The maximum absolute atomic E-state index is 11.2. The van der Waals surface area contributed by atoms with Crippen molar-refractivity contribution in [3.8, 4) is 0 Å². The first-order valence-corrected chi connectivity index (χ1v) is 8.79. The summed E-state index contributed by atoms with van der Waals surface area (Å²) in [6.07, 6.45) is -0.674. The van der Waals surface area contributed by atoms with Gasteiger partial charge in [-0.1, -0.05) is 91.0 Å². The highest BCUT2D eigenvalue weighted by Gasteiger charge is 2.29. The Hall–Kier alpha value is -2.42. The van der Waals surface area contributed by atoms with Crippen molar-refractivity contribution in [2.45, 2.75) is 32.2 Å². The number of aliphatic hydroxyl groups excluding tert-OH is 1. The van der Waals surface area contributed by atoms with Gasteiger partial charge in [0.25, 0.3) is 0 Å². The van der Waals surface area contributed by atoms with Gasteiger partial charge in [-0.15, -0.1) is 0 Å². The molecule has 0 fully saturated rings. The van der Waals surface area contributed by atoms with E-state index in [0.29, 0.717) is 0 Å². The van der Waals surface area contributed by atoms with E-state index >= 15 is 0 Å². The van der Waals surface area contributed by atoms with Crippen LogP contribution in [0.1, 0.15) is 48.8 Å². The molecular formula is C23H25NO. The Balaban J connectivity index is 1.99. The second kappa shape index (κ2) is 8.11. The molecule has 3 aromatic rings. The molecule has 3 aromatic carbocycles. The van der Waals surface area contributed by atoms with Crippen LogP contribution in [0.4, 0.5) is 0 Å². The van der Waals surface area contributed by atoms with Gasteiger partial charge < -0.3 is 5.11 Å². The van der Waals surface area contributed by atoms with Crippen molar-refractivity contribution in [3.05, 3.63) is 108 Å². The number of nitrogens with zero attached hydrogens (tertiary/aromatic N) is 1. The summed E-state index contributed by atoms with van der Waals surface area (Å²) in [5, 5.41) is 11.2. The Morgan fingerprint density at radius 2 is 0.880 bits per heavy atom. The maximum atomic E-state index is 11.2. The summed E-state index contributed by atoms with van der Waals surface area (Å²) in [6.45, 7) is 4.31. The fraction of sp³-hybridized carbons (Fsp3) is 0.217. The minimum Gasteiger partial charge on any atom is -0.374 e. The van der Waals surface area contributed by atoms with E-state index in [-0.39, 0.29) is 12.1 Å². The maximum Gasteiger partial charge on any atom is 0.134 e. The summed E-state index contributed by atoms with van der Waals surface area (Å²) in [5.74, 6) is 0. The van der Waals surface area contributed by atoms with Crippen LogP contribution in [0.15, 0.2) is 91.0 Å². The summed E-state index contributed by atoms with van der Waals surface area (Å²) >= 11 is 0. The monoisotopic (exact) mass is 331 g/mol. The molecule has 0 aromatic heterocycles. The van der Waals surface area contributed by atoms with Crippen molar-refractivity contribution in [2.75, 3.05) is 0 Å². The van der Waals surface area contributed by atoms with Gasteiger partial charge >= 0.3 is 0 Å². The molecule has 0 saturated heterocycles. The van der Waals surface area contributed by atoms with Crippen LogP contribution < -0.4 is 0 Å². The van der Waals surface area contributed by atoms with Crippen molar-refractivity contribution in [1.29, 1.82) is 0 Å².